The zero-order valence-electron chi connectivity index (χ0n) is 18.4. The van der Waals surface area contributed by atoms with Gasteiger partial charge in [-0.1, -0.05) is 12.1 Å². The summed E-state index contributed by atoms with van der Waals surface area (Å²) in [6.45, 7) is 5.03. The molecule has 0 saturated carbocycles. The third kappa shape index (κ3) is 7.80. The second kappa shape index (κ2) is 10.4. The molecule has 0 aliphatic carbocycles. The van der Waals surface area contributed by atoms with Gasteiger partial charge in [0.15, 0.2) is 0 Å². The monoisotopic (exact) mass is 458 g/mol. The van der Waals surface area contributed by atoms with E-state index in [1.807, 2.05) is 0 Å². The summed E-state index contributed by atoms with van der Waals surface area (Å²) in [7, 11) is 0. The summed E-state index contributed by atoms with van der Waals surface area (Å²) in [6.07, 6.45) is -0.946. The fraction of sp³-hybridized carbons (Fsp3) is 0.318. The van der Waals surface area contributed by atoms with Crippen molar-refractivity contribution in [2.24, 2.45) is 5.73 Å². The lowest BCUT2D eigenvalue weighted by atomic mass is 10.1. The van der Waals surface area contributed by atoms with E-state index in [2.05, 4.69) is 15.6 Å². The number of nitrogens with two attached hydrogens (primary N) is 1. The van der Waals surface area contributed by atoms with Gasteiger partial charge in [-0.15, -0.1) is 0 Å². The number of hydrogen-bond acceptors (Lipinski definition) is 6. The van der Waals surface area contributed by atoms with Gasteiger partial charge in [0.05, 0.1) is 0 Å². The number of H-pyrrole nitrogens is 1. The van der Waals surface area contributed by atoms with Crippen LogP contribution >= 0.6 is 0 Å². The van der Waals surface area contributed by atoms with Crippen LogP contribution in [-0.4, -0.2) is 45.6 Å². The number of aromatic nitrogens is 1. The number of benzene rings is 1. The molecule has 2 rings (SSSR count). The molecule has 11 heteroatoms. The second-order valence-corrected chi connectivity index (χ2v) is 8.19. The van der Waals surface area contributed by atoms with Gasteiger partial charge >= 0.3 is 12.1 Å². The Hall–Kier alpha value is -4.15. The molecule has 1 aromatic heterocycles. The Bertz CT molecular complexity index is 1100. The standard InChI is InChI=1S/C22H26N4O7/c1-22(2,3)33-21(32)26-16(10-11-17(23)27)19(29)24-13-6-4-12(5-7-13)15-9-8-14(20(30)31)18(28)25-15/h4-9,16H,10-11H2,1-3H3,(H2,23,27)(H,24,29)(H,25,28)(H,26,32)(H,30,31)/t16-/m0/s1. The number of aromatic amines is 1. The molecule has 0 spiro atoms. The number of carbonyl (C=O) groups is 4. The summed E-state index contributed by atoms with van der Waals surface area (Å²) >= 11 is 0. The molecule has 0 aliphatic rings. The zero-order valence-corrected chi connectivity index (χ0v) is 18.4. The predicted molar refractivity (Wildman–Crippen MR) is 120 cm³/mol. The van der Waals surface area contributed by atoms with Gasteiger partial charge < -0.3 is 31.2 Å². The van der Waals surface area contributed by atoms with Crippen LogP contribution in [-0.2, 0) is 14.3 Å². The second-order valence-electron chi connectivity index (χ2n) is 8.19. The highest BCUT2D eigenvalue weighted by atomic mass is 16.6. The van der Waals surface area contributed by atoms with Crippen molar-refractivity contribution in [1.29, 1.82) is 0 Å². The summed E-state index contributed by atoms with van der Waals surface area (Å²) in [5, 5.41) is 14.0. The predicted octanol–water partition coefficient (Wildman–Crippen LogP) is 1.84. The molecule has 1 atom stereocenters. The number of nitrogens with one attached hydrogen (secondary N) is 3. The van der Waals surface area contributed by atoms with Gasteiger partial charge in [0.2, 0.25) is 11.8 Å². The van der Waals surface area contributed by atoms with Gasteiger partial charge in [-0.3, -0.25) is 14.4 Å². The van der Waals surface area contributed by atoms with E-state index in [0.717, 1.165) is 0 Å². The maximum absolute atomic E-state index is 12.7. The minimum atomic E-state index is -1.33. The fourth-order valence-electron chi connectivity index (χ4n) is 2.78. The minimum Gasteiger partial charge on any atom is -0.477 e. The Labute approximate surface area is 189 Å². The summed E-state index contributed by atoms with van der Waals surface area (Å²) in [5.74, 6) is -2.52. The van der Waals surface area contributed by atoms with Crippen LogP contribution in [0.25, 0.3) is 11.3 Å². The molecule has 0 saturated heterocycles. The highest BCUT2D eigenvalue weighted by molar-refractivity contribution is 5.97. The molecule has 0 aliphatic heterocycles. The molecule has 33 heavy (non-hydrogen) atoms. The Balaban J connectivity index is 2.12. The number of rotatable bonds is 8. The molecule has 176 valence electrons. The van der Waals surface area contributed by atoms with Crippen molar-refractivity contribution in [2.45, 2.75) is 45.3 Å². The summed E-state index contributed by atoms with van der Waals surface area (Å²) in [5.41, 5.74) is 4.66. The molecule has 2 aromatic rings. The molecule has 0 radical (unpaired) electrons. The lowest BCUT2D eigenvalue weighted by molar-refractivity contribution is -0.119. The van der Waals surface area contributed by atoms with E-state index in [4.69, 9.17) is 15.6 Å². The van der Waals surface area contributed by atoms with Gasteiger partial charge in [-0.05, 0) is 57.0 Å². The van der Waals surface area contributed by atoms with E-state index < -0.39 is 41.1 Å². The number of ether oxygens (including phenoxy) is 1. The average Bonchev–Trinajstić information content (AvgIpc) is 2.69. The molecular weight excluding hydrogens is 432 g/mol. The van der Waals surface area contributed by atoms with Crippen molar-refractivity contribution in [3.63, 3.8) is 0 Å². The Morgan fingerprint density at radius 1 is 1.09 bits per heavy atom. The zero-order chi connectivity index (χ0) is 24.8. The van der Waals surface area contributed by atoms with Gasteiger partial charge in [-0.25, -0.2) is 9.59 Å². The number of primary amides is 1. The number of aromatic carboxylic acids is 1. The van der Waals surface area contributed by atoms with Crippen LogP contribution in [0, 0.1) is 0 Å². The number of pyridine rings is 1. The number of alkyl carbamates (subject to hydrolysis) is 1. The van der Waals surface area contributed by atoms with Crippen LogP contribution in [0.3, 0.4) is 0 Å². The molecule has 0 bridgehead atoms. The number of hydrogen-bond donors (Lipinski definition) is 5. The normalized spacial score (nSPS) is 11.8. The van der Waals surface area contributed by atoms with Crippen molar-refractivity contribution in [1.82, 2.24) is 10.3 Å². The molecule has 6 N–H and O–H groups in total. The lowest BCUT2D eigenvalue weighted by Crippen LogP contribution is -2.46. The van der Waals surface area contributed by atoms with Gasteiger partial charge in [0.25, 0.3) is 5.56 Å². The van der Waals surface area contributed by atoms with E-state index in [1.165, 1.54) is 12.1 Å². The van der Waals surface area contributed by atoms with Crippen molar-refractivity contribution in [2.75, 3.05) is 5.32 Å². The van der Waals surface area contributed by atoms with Crippen LogP contribution in [0.2, 0.25) is 0 Å². The first-order chi connectivity index (χ1) is 15.4. The first-order valence-corrected chi connectivity index (χ1v) is 10.0. The molecular formula is C22H26N4O7. The Morgan fingerprint density at radius 3 is 2.24 bits per heavy atom. The lowest BCUT2D eigenvalue weighted by Gasteiger charge is -2.23. The van der Waals surface area contributed by atoms with E-state index in [0.29, 0.717) is 16.9 Å². The highest BCUT2D eigenvalue weighted by Crippen LogP contribution is 2.19. The molecule has 0 unspecified atom stereocenters. The average molecular weight is 458 g/mol. The molecule has 1 aromatic carbocycles. The molecule has 1 heterocycles. The quantitative estimate of drug-likeness (QED) is 0.400. The maximum Gasteiger partial charge on any atom is 0.408 e. The smallest absolute Gasteiger partial charge is 0.408 e. The third-order valence-electron chi connectivity index (χ3n) is 4.29. The topological polar surface area (TPSA) is 181 Å². The van der Waals surface area contributed by atoms with E-state index >= 15 is 0 Å². The first kappa shape index (κ1) is 25.1. The van der Waals surface area contributed by atoms with Gasteiger partial charge in [-0.2, -0.15) is 0 Å². The van der Waals surface area contributed by atoms with Crippen LogP contribution in [0.5, 0.6) is 0 Å². The van der Waals surface area contributed by atoms with Crippen LogP contribution < -0.4 is 21.9 Å². The largest absolute Gasteiger partial charge is 0.477 e. The number of amides is 3. The molecule has 3 amide bonds. The molecule has 11 nitrogen and oxygen atoms in total. The van der Waals surface area contributed by atoms with Crippen LogP contribution in [0.15, 0.2) is 41.2 Å². The van der Waals surface area contributed by atoms with Crippen LogP contribution in [0.4, 0.5) is 10.5 Å². The summed E-state index contributed by atoms with van der Waals surface area (Å²) in [4.78, 5) is 61.2. The maximum atomic E-state index is 12.7. The Kier molecular flexibility index (Phi) is 7.95. The van der Waals surface area contributed by atoms with E-state index in [-0.39, 0.29) is 18.4 Å². The summed E-state index contributed by atoms with van der Waals surface area (Å²) < 4.78 is 5.16. The highest BCUT2D eigenvalue weighted by Gasteiger charge is 2.25. The van der Waals surface area contributed by atoms with E-state index in [9.17, 15) is 24.0 Å². The van der Waals surface area contributed by atoms with E-state index in [1.54, 1.807) is 45.0 Å². The van der Waals surface area contributed by atoms with Crippen LogP contribution in [0.1, 0.15) is 44.0 Å². The number of anilines is 1. The minimum absolute atomic E-state index is 0.0182. The summed E-state index contributed by atoms with van der Waals surface area (Å²) in [6, 6.07) is 7.96. The molecule has 0 fully saturated rings. The number of carboxylic acids is 1. The number of carboxylic acid groups (broad SMARTS) is 1. The fourth-order valence-corrected chi connectivity index (χ4v) is 2.78. The van der Waals surface area contributed by atoms with Crippen molar-refractivity contribution < 1.29 is 29.0 Å². The SMILES string of the molecule is CC(C)(C)OC(=O)N[C@@H](CCC(N)=O)C(=O)Nc1ccc(-c2ccc(C(=O)O)c(=O)[nH]2)cc1. The van der Waals surface area contributed by atoms with Crippen molar-refractivity contribution in [3.8, 4) is 11.3 Å². The van der Waals surface area contributed by atoms with Crippen molar-refractivity contribution >= 4 is 29.6 Å². The first-order valence-electron chi connectivity index (χ1n) is 10.0. The Morgan fingerprint density at radius 2 is 1.73 bits per heavy atom. The van der Waals surface area contributed by atoms with Gasteiger partial charge in [0, 0.05) is 17.8 Å². The van der Waals surface area contributed by atoms with Gasteiger partial charge in [0.1, 0.15) is 17.2 Å². The van der Waals surface area contributed by atoms with Crippen molar-refractivity contribution in [3.05, 3.63) is 52.3 Å². The third-order valence-corrected chi connectivity index (χ3v) is 4.29. The number of carbonyl (C=O) groups excluding carboxylic acids is 3.